The van der Waals surface area contributed by atoms with E-state index < -0.39 is 0 Å². The van der Waals surface area contributed by atoms with Gasteiger partial charge in [0.2, 0.25) is 5.91 Å². The van der Waals surface area contributed by atoms with Gasteiger partial charge in [0.15, 0.2) is 0 Å². The van der Waals surface area contributed by atoms with Crippen molar-refractivity contribution >= 4 is 11.6 Å². The molecule has 0 aliphatic carbocycles. The highest BCUT2D eigenvalue weighted by atomic mass is 16.5. The standard InChI is InChI=1S/C17H24N2O3/c1-4-21-16-6-12-5-10(2)22-15(12)7-14(16)19-17(20)11(3)13-8-18-9-13/h6-7,10-11,13,18H,4-5,8-9H2,1-3H3,(H,19,20). The van der Waals surface area contributed by atoms with Crippen molar-refractivity contribution in [1.29, 1.82) is 0 Å². The highest BCUT2D eigenvalue weighted by Crippen LogP contribution is 2.38. The van der Waals surface area contributed by atoms with Crippen LogP contribution in [0.4, 0.5) is 5.69 Å². The molecule has 120 valence electrons. The molecule has 2 unspecified atom stereocenters. The zero-order chi connectivity index (χ0) is 15.7. The molecule has 2 N–H and O–H groups in total. The fraction of sp³-hybridized carbons (Fsp3) is 0.588. The SMILES string of the molecule is CCOc1cc2c(cc1NC(=O)C(C)C1CNC1)OC(C)C2. The van der Waals surface area contributed by atoms with Crippen molar-refractivity contribution in [2.24, 2.45) is 11.8 Å². The number of amides is 1. The Bertz CT molecular complexity index is 569. The van der Waals surface area contributed by atoms with Gasteiger partial charge in [0, 0.05) is 24.0 Å². The van der Waals surface area contributed by atoms with E-state index in [1.165, 1.54) is 0 Å². The van der Waals surface area contributed by atoms with Crippen LogP contribution in [0.25, 0.3) is 0 Å². The Labute approximate surface area is 131 Å². The number of carbonyl (C=O) groups excluding carboxylic acids is 1. The lowest BCUT2D eigenvalue weighted by molar-refractivity contribution is -0.121. The number of fused-ring (bicyclic) bond motifs is 1. The zero-order valence-corrected chi connectivity index (χ0v) is 13.4. The van der Waals surface area contributed by atoms with E-state index >= 15 is 0 Å². The summed E-state index contributed by atoms with van der Waals surface area (Å²) in [5, 5.41) is 6.22. The van der Waals surface area contributed by atoms with Crippen LogP contribution in [0.1, 0.15) is 26.3 Å². The molecule has 1 aromatic carbocycles. The van der Waals surface area contributed by atoms with Gasteiger partial charge in [-0.05, 0) is 38.9 Å². The van der Waals surface area contributed by atoms with Crippen LogP contribution in [0.15, 0.2) is 12.1 Å². The van der Waals surface area contributed by atoms with Gasteiger partial charge in [-0.1, -0.05) is 6.92 Å². The number of hydrogen-bond donors (Lipinski definition) is 2. The van der Waals surface area contributed by atoms with Crippen molar-refractivity contribution in [3.63, 3.8) is 0 Å². The van der Waals surface area contributed by atoms with Crippen molar-refractivity contribution in [2.45, 2.75) is 33.3 Å². The third kappa shape index (κ3) is 2.90. The summed E-state index contributed by atoms with van der Waals surface area (Å²) in [5.41, 5.74) is 1.85. The summed E-state index contributed by atoms with van der Waals surface area (Å²) in [6, 6.07) is 3.89. The number of nitrogens with one attached hydrogen (secondary N) is 2. The van der Waals surface area contributed by atoms with Crippen LogP contribution in [0, 0.1) is 11.8 Å². The van der Waals surface area contributed by atoms with Gasteiger partial charge in [0.1, 0.15) is 17.6 Å². The van der Waals surface area contributed by atoms with Crippen molar-refractivity contribution in [3.8, 4) is 11.5 Å². The van der Waals surface area contributed by atoms with E-state index in [0.29, 0.717) is 18.2 Å². The number of ether oxygens (including phenoxy) is 2. The first-order chi connectivity index (χ1) is 10.6. The van der Waals surface area contributed by atoms with Crippen molar-refractivity contribution in [3.05, 3.63) is 17.7 Å². The zero-order valence-electron chi connectivity index (χ0n) is 13.4. The predicted molar refractivity (Wildman–Crippen MR) is 85.6 cm³/mol. The fourth-order valence-electron chi connectivity index (χ4n) is 2.94. The first kappa shape index (κ1) is 15.2. The predicted octanol–water partition coefficient (Wildman–Crippen LogP) is 2.20. The molecular formula is C17H24N2O3. The van der Waals surface area contributed by atoms with Crippen LogP contribution in [0.5, 0.6) is 11.5 Å². The third-order valence-electron chi connectivity index (χ3n) is 4.49. The van der Waals surface area contributed by atoms with Crippen LogP contribution in [-0.2, 0) is 11.2 Å². The first-order valence-electron chi connectivity index (χ1n) is 8.06. The minimum absolute atomic E-state index is 0.0103. The van der Waals surface area contributed by atoms with E-state index in [-0.39, 0.29) is 17.9 Å². The van der Waals surface area contributed by atoms with Crippen molar-refractivity contribution in [1.82, 2.24) is 5.32 Å². The Morgan fingerprint density at radius 1 is 1.50 bits per heavy atom. The molecule has 1 fully saturated rings. The Kier molecular flexibility index (Phi) is 4.25. The smallest absolute Gasteiger partial charge is 0.227 e. The van der Waals surface area contributed by atoms with E-state index in [9.17, 15) is 4.79 Å². The lowest BCUT2D eigenvalue weighted by Gasteiger charge is -2.31. The molecule has 3 rings (SSSR count). The van der Waals surface area contributed by atoms with E-state index in [1.807, 2.05) is 32.9 Å². The summed E-state index contributed by atoms with van der Waals surface area (Å²) in [5.74, 6) is 2.03. The molecule has 5 heteroatoms. The van der Waals surface area contributed by atoms with Crippen LogP contribution in [0.3, 0.4) is 0 Å². The molecule has 0 aromatic heterocycles. The third-order valence-corrected chi connectivity index (χ3v) is 4.49. The topological polar surface area (TPSA) is 59.6 Å². The van der Waals surface area contributed by atoms with Crippen molar-refractivity contribution in [2.75, 3.05) is 25.0 Å². The second kappa shape index (κ2) is 6.16. The second-order valence-electron chi connectivity index (χ2n) is 6.22. The minimum Gasteiger partial charge on any atom is -0.492 e. The van der Waals surface area contributed by atoms with Gasteiger partial charge in [-0.15, -0.1) is 0 Å². The van der Waals surface area contributed by atoms with Crippen LogP contribution < -0.4 is 20.1 Å². The van der Waals surface area contributed by atoms with Gasteiger partial charge in [-0.25, -0.2) is 0 Å². The van der Waals surface area contributed by atoms with E-state index in [4.69, 9.17) is 9.47 Å². The van der Waals surface area contributed by atoms with Crippen LogP contribution >= 0.6 is 0 Å². The molecule has 2 heterocycles. The van der Waals surface area contributed by atoms with Gasteiger partial charge < -0.3 is 20.1 Å². The van der Waals surface area contributed by atoms with Crippen LogP contribution in [0.2, 0.25) is 0 Å². The summed E-state index contributed by atoms with van der Waals surface area (Å²) in [6.45, 7) is 8.37. The lowest BCUT2D eigenvalue weighted by atomic mass is 9.88. The van der Waals surface area contributed by atoms with Gasteiger partial charge in [0.25, 0.3) is 0 Å². The number of hydrogen-bond acceptors (Lipinski definition) is 4. The Balaban J connectivity index is 1.79. The van der Waals surface area contributed by atoms with Gasteiger partial charge in [-0.3, -0.25) is 4.79 Å². The highest BCUT2D eigenvalue weighted by Gasteiger charge is 2.30. The molecule has 1 saturated heterocycles. The molecule has 1 amide bonds. The maximum absolute atomic E-state index is 12.4. The minimum atomic E-state index is -0.0103. The van der Waals surface area contributed by atoms with E-state index in [1.54, 1.807) is 0 Å². The second-order valence-corrected chi connectivity index (χ2v) is 6.22. The highest BCUT2D eigenvalue weighted by molar-refractivity contribution is 5.94. The number of anilines is 1. The Hall–Kier alpha value is -1.75. The maximum Gasteiger partial charge on any atom is 0.227 e. The molecule has 5 nitrogen and oxygen atoms in total. The summed E-state index contributed by atoms with van der Waals surface area (Å²) in [6.07, 6.45) is 1.06. The quantitative estimate of drug-likeness (QED) is 0.875. The monoisotopic (exact) mass is 304 g/mol. The fourth-order valence-corrected chi connectivity index (χ4v) is 2.94. The van der Waals surface area contributed by atoms with Gasteiger partial charge in [0.05, 0.1) is 12.3 Å². The lowest BCUT2D eigenvalue weighted by Crippen LogP contribution is -2.48. The number of benzene rings is 1. The average Bonchev–Trinajstić information content (AvgIpc) is 2.76. The Morgan fingerprint density at radius 3 is 2.91 bits per heavy atom. The molecule has 2 aliphatic heterocycles. The van der Waals surface area contributed by atoms with Gasteiger partial charge in [-0.2, -0.15) is 0 Å². The van der Waals surface area contributed by atoms with Crippen LogP contribution in [-0.4, -0.2) is 31.7 Å². The molecule has 0 bridgehead atoms. The first-order valence-corrected chi connectivity index (χ1v) is 8.06. The average molecular weight is 304 g/mol. The summed E-state index contributed by atoms with van der Waals surface area (Å²) >= 11 is 0. The van der Waals surface area contributed by atoms with E-state index in [0.717, 1.165) is 36.6 Å². The molecule has 2 atom stereocenters. The molecule has 0 radical (unpaired) electrons. The molecular weight excluding hydrogens is 280 g/mol. The largest absolute Gasteiger partial charge is 0.492 e. The molecule has 2 aliphatic rings. The summed E-state index contributed by atoms with van der Waals surface area (Å²) in [4.78, 5) is 12.4. The number of carbonyl (C=O) groups is 1. The molecule has 1 aromatic rings. The maximum atomic E-state index is 12.4. The summed E-state index contributed by atoms with van der Waals surface area (Å²) < 4.78 is 11.5. The van der Waals surface area contributed by atoms with Gasteiger partial charge >= 0.3 is 0 Å². The van der Waals surface area contributed by atoms with E-state index in [2.05, 4.69) is 10.6 Å². The van der Waals surface area contributed by atoms with Crippen molar-refractivity contribution < 1.29 is 14.3 Å². The molecule has 0 spiro atoms. The number of rotatable bonds is 5. The normalized spacial score (nSPS) is 21.5. The Morgan fingerprint density at radius 2 is 2.27 bits per heavy atom. The summed E-state index contributed by atoms with van der Waals surface area (Å²) in [7, 11) is 0. The molecule has 0 saturated carbocycles. The molecule has 22 heavy (non-hydrogen) atoms.